The Bertz CT molecular complexity index is 687. The Morgan fingerprint density at radius 2 is 2.14 bits per heavy atom. The predicted octanol–water partition coefficient (Wildman–Crippen LogP) is 3.23. The fraction of sp³-hybridized carbons (Fsp3) is 0.154. The lowest BCUT2D eigenvalue weighted by molar-refractivity contribution is 0.0697. The van der Waals surface area contributed by atoms with E-state index >= 15 is 0 Å². The average Bonchev–Trinajstić information content (AvgIpc) is 2.81. The van der Waals surface area contributed by atoms with Gasteiger partial charge in [-0.2, -0.15) is 0 Å². The first kappa shape index (κ1) is 15.5. The number of rotatable bonds is 4. The number of carboxylic acid groups (broad SMARTS) is 1. The number of aromatic nitrogens is 1. The van der Waals surface area contributed by atoms with Crippen LogP contribution in [-0.4, -0.2) is 22.1 Å². The van der Waals surface area contributed by atoms with Crippen LogP contribution in [0.3, 0.4) is 0 Å². The van der Waals surface area contributed by atoms with E-state index in [4.69, 9.17) is 5.11 Å². The fourth-order valence-electron chi connectivity index (χ4n) is 1.60. The highest BCUT2D eigenvalue weighted by Gasteiger charge is 2.09. The maximum Gasteiger partial charge on any atom is 0.335 e. The molecule has 0 atom stereocenters. The number of carboxylic acids is 1. The molecule has 1 aromatic heterocycles. The number of nitrogens with one attached hydrogen (secondary N) is 2. The number of carbonyl (C=O) groups excluding carboxylic acids is 1. The van der Waals surface area contributed by atoms with Crippen molar-refractivity contribution in [3.05, 3.63) is 44.3 Å². The molecule has 8 heteroatoms. The summed E-state index contributed by atoms with van der Waals surface area (Å²) in [7, 11) is 0. The molecule has 3 N–H and O–H groups in total. The van der Waals surface area contributed by atoms with Crippen molar-refractivity contribution < 1.29 is 14.7 Å². The zero-order valence-corrected chi connectivity index (χ0v) is 13.4. The highest BCUT2D eigenvalue weighted by atomic mass is 79.9. The fourth-order valence-corrected chi connectivity index (χ4v) is 2.81. The molecule has 0 aliphatic heterocycles. The number of nitrogens with zero attached hydrogens (tertiary/aromatic N) is 1. The van der Waals surface area contributed by atoms with Gasteiger partial charge in [0.25, 0.3) is 0 Å². The molecule has 0 unspecified atom stereocenters. The minimum atomic E-state index is -1.06. The van der Waals surface area contributed by atoms with E-state index in [0.717, 1.165) is 10.7 Å². The first-order valence-electron chi connectivity index (χ1n) is 5.94. The quantitative estimate of drug-likeness (QED) is 0.771. The molecular weight excluding hydrogens is 358 g/mol. The molecule has 0 aliphatic rings. The van der Waals surface area contributed by atoms with Crippen LogP contribution in [0.2, 0.25) is 0 Å². The molecule has 0 saturated heterocycles. The Balaban J connectivity index is 1.97. The number of benzene rings is 1. The number of thiazole rings is 1. The van der Waals surface area contributed by atoms with Gasteiger partial charge in [0.2, 0.25) is 0 Å². The molecule has 2 amide bonds. The molecule has 0 aliphatic carbocycles. The summed E-state index contributed by atoms with van der Waals surface area (Å²) in [5.41, 5.74) is 1.40. The summed E-state index contributed by atoms with van der Waals surface area (Å²) >= 11 is 4.67. The summed E-state index contributed by atoms with van der Waals surface area (Å²) in [4.78, 5) is 27.0. The molecule has 0 saturated carbocycles. The number of hydrogen-bond donors (Lipinski definition) is 3. The van der Waals surface area contributed by atoms with Crippen molar-refractivity contribution in [1.29, 1.82) is 0 Å². The minimum absolute atomic E-state index is 0.0928. The molecule has 21 heavy (non-hydrogen) atoms. The Hall–Kier alpha value is -1.93. The Morgan fingerprint density at radius 3 is 2.76 bits per heavy atom. The number of anilines is 1. The van der Waals surface area contributed by atoms with Gasteiger partial charge in [-0.25, -0.2) is 14.6 Å². The summed E-state index contributed by atoms with van der Waals surface area (Å²) in [5, 5.41) is 16.9. The van der Waals surface area contributed by atoms with E-state index in [1.54, 1.807) is 6.07 Å². The smallest absolute Gasteiger partial charge is 0.335 e. The van der Waals surface area contributed by atoms with Gasteiger partial charge >= 0.3 is 12.0 Å². The molecule has 1 aromatic carbocycles. The number of carbonyl (C=O) groups is 2. The van der Waals surface area contributed by atoms with E-state index in [9.17, 15) is 9.59 Å². The Kier molecular flexibility index (Phi) is 4.92. The Labute approximate surface area is 133 Å². The van der Waals surface area contributed by atoms with Gasteiger partial charge in [-0.1, -0.05) is 15.9 Å². The van der Waals surface area contributed by atoms with E-state index in [2.05, 4.69) is 31.5 Å². The summed E-state index contributed by atoms with van der Waals surface area (Å²) in [6.45, 7) is 2.21. The third-order valence-electron chi connectivity index (χ3n) is 2.47. The topological polar surface area (TPSA) is 91.3 Å². The van der Waals surface area contributed by atoms with Crippen LogP contribution in [0.25, 0.3) is 0 Å². The predicted molar refractivity (Wildman–Crippen MR) is 83.8 cm³/mol. The van der Waals surface area contributed by atoms with Gasteiger partial charge in [0.15, 0.2) is 0 Å². The van der Waals surface area contributed by atoms with Crippen LogP contribution < -0.4 is 10.6 Å². The molecule has 110 valence electrons. The van der Waals surface area contributed by atoms with Gasteiger partial charge in [-0.05, 0) is 25.1 Å². The van der Waals surface area contributed by atoms with Gasteiger partial charge in [-0.3, -0.25) is 0 Å². The monoisotopic (exact) mass is 369 g/mol. The van der Waals surface area contributed by atoms with Crippen LogP contribution in [0.1, 0.15) is 21.1 Å². The average molecular weight is 370 g/mol. The van der Waals surface area contributed by atoms with E-state index in [0.29, 0.717) is 16.7 Å². The van der Waals surface area contributed by atoms with Gasteiger partial charge in [0, 0.05) is 21.2 Å². The lowest BCUT2D eigenvalue weighted by atomic mass is 10.2. The normalized spacial score (nSPS) is 10.2. The van der Waals surface area contributed by atoms with E-state index in [1.807, 2.05) is 12.3 Å². The highest BCUT2D eigenvalue weighted by Crippen LogP contribution is 2.19. The highest BCUT2D eigenvalue weighted by molar-refractivity contribution is 9.10. The van der Waals surface area contributed by atoms with Crippen LogP contribution in [0.15, 0.2) is 28.1 Å². The van der Waals surface area contributed by atoms with Crippen molar-refractivity contribution in [2.45, 2.75) is 13.5 Å². The first-order chi connectivity index (χ1) is 9.94. The standard InChI is InChI=1S/C13H12BrN3O3S/c1-7-6-21-11(16-7)5-15-13(20)17-10-3-8(12(18)19)2-9(14)4-10/h2-4,6H,5H2,1H3,(H,18,19)(H2,15,17,20). The maximum atomic E-state index is 11.8. The SMILES string of the molecule is Cc1csc(CNC(=O)Nc2cc(Br)cc(C(=O)O)c2)n1. The third kappa shape index (κ3) is 4.54. The molecule has 6 nitrogen and oxygen atoms in total. The number of urea groups is 1. The van der Waals surface area contributed by atoms with Crippen molar-refractivity contribution in [3.63, 3.8) is 0 Å². The molecule has 1 heterocycles. The second-order valence-corrected chi connectivity index (χ2v) is 6.08. The molecule has 0 radical (unpaired) electrons. The summed E-state index contributed by atoms with van der Waals surface area (Å²) in [6, 6.07) is 4.06. The van der Waals surface area contributed by atoms with Crippen molar-refractivity contribution in [1.82, 2.24) is 10.3 Å². The first-order valence-corrected chi connectivity index (χ1v) is 7.61. The number of aryl methyl sites for hydroxylation is 1. The van der Waals surface area contributed by atoms with Gasteiger partial charge in [0.05, 0.1) is 12.1 Å². The second kappa shape index (κ2) is 6.68. The van der Waals surface area contributed by atoms with E-state index < -0.39 is 12.0 Å². The molecule has 0 bridgehead atoms. The lowest BCUT2D eigenvalue weighted by Crippen LogP contribution is -2.28. The second-order valence-electron chi connectivity index (χ2n) is 4.22. The van der Waals surface area contributed by atoms with Crippen molar-refractivity contribution in [3.8, 4) is 0 Å². The summed E-state index contributed by atoms with van der Waals surface area (Å²) in [6.07, 6.45) is 0. The molecule has 2 rings (SSSR count). The molecule has 0 fully saturated rings. The molecule has 0 spiro atoms. The number of halogens is 1. The van der Waals surface area contributed by atoms with Crippen LogP contribution in [0.4, 0.5) is 10.5 Å². The van der Waals surface area contributed by atoms with Gasteiger partial charge in [-0.15, -0.1) is 11.3 Å². The summed E-state index contributed by atoms with van der Waals surface area (Å²) < 4.78 is 0.577. The minimum Gasteiger partial charge on any atom is -0.478 e. The Morgan fingerprint density at radius 1 is 1.38 bits per heavy atom. The maximum absolute atomic E-state index is 11.8. The van der Waals surface area contributed by atoms with Gasteiger partial charge in [0.1, 0.15) is 5.01 Å². The zero-order chi connectivity index (χ0) is 15.4. The van der Waals surface area contributed by atoms with Crippen LogP contribution in [0, 0.1) is 6.92 Å². The van der Waals surface area contributed by atoms with E-state index in [1.165, 1.54) is 23.5 Å². The largest absolute Gasteiger partial charge is 0.478 e. The molecule has 2 aromatic rings. The van der Waals surface area contributed by atoms with Crippen molar-refractivity contribution >= 4 is 45.0 Å². The van der Waals surface area contributed by atoms with Crippen molar-refractivity contribution in [2.75, 3.05) is 5.32 Å². The van der Waals surface area contributed by atoms with Gasteiger partial charge < -0.3 is 15.7 Å². The zero-order valence-electron chi connectivity index (χ0n) is 11.0. The third-order valence-corrected chi connectivity index (χ3v) is 3.89. The summed E-state index contributed by atoms with van der Waals surface area (Å²) in [5.74, 6) is -1.06. The number of aromatic carboxylic acids is 1. The number of amides is 2. The van der Waals surface area contributed by atoms with Crippen LogP contribution in [0.5, 0.6) is 0 Å². The van der Waals surface area contributed by atoms with E-state index in [-0.39, 0.29) is 5.56 Å². The van der Waals surface area contributed by atoms with Crippen LogP contribution >= 0.6 is 27.3 Å². The van der Waals surface area contributed by atoms with Crippen LogP contribution in [-0.2, 0) is 6.54 Å². The molecular formula is C13H12BrN3O3S. The number of hydrogen-bond acceptors (Lipinski definition) is 4. The van der Waals surface area contributed by atoms with Crippen molar-refractivity contribution in [2.24, 2.45) is 0 Å². The lowest BCUT2D eigenvalue weighted by Gasteiger charge is -2.08.